The van der Waals surface area contributed by atoms with Gasteiger partial charge in [-0.05, 0) is 53.5 Å². The highest BCUT2D eigenvalue weighted by Gasteiger charge is 2.12. The Bertz CT molecular complexity index is 630. The number of rotatable bonds is 4. The summed E-state index contributed by atoms with van der Waals surface area (Å²) in [6.45, 7) is 3.97. The molecule has 106 valence electrons. The summed E-state index contributed by atoms with van der Waals surface area (Å²) < 4.78 is 11.7. The molecule has 2 aromatic rings. The van der Waals surface area contributed by atoms with Crippen LogP contribution in [-0.4, -0.2) is 19.2 Å². The Morgan fingerprint density at radius 1 is 1.15 bits per heavy atom. The Balaban J connectivity index is 2.40. The molecule has 0 spiro atoms. The van der Waals surface area contributed by atoms with Crippen molar-refractivity contribution in [3.8, 4) is 11.5 Å². The zero-order valence-corrected chi connectivity index (χ0v) is 13.5. The average Bonchev–Trinajstić information content (AvgIpc) is 2.42. The van der Waals surface area contributed by atoms with E-state index in [-0.39, 0.29) is 0 Å². The van der Waals surface area contributed by atoms with Crippen LogP contribution in [0.3, 0.4) is 0 Å². The van der Waals surface area contributed by atoms with E-state index in [0.717, 1.165) is 38.6 Å². The summed E-state index contributed by atoms with van der Waals surface area (Å²) in [5.74, 6) is 2.36. The highest BCUT2D eigenvalue weighted by atomic mass is 79.9. The fraction of sp³-hybridized carbons (Fsp3) is 0.267. The number of nitrogens with zero attached hydrogens (tertiary/aromatic N) is 1. The van der Waals surface area contributed by atoms with Crippen molar-refractivity contribution in [3.05, 3.63) is 40.0 Å². The van der Waals surface area contributed by atoms with E-state index in [1.165, 1.54) is 0 Å². The number of hydrogen-bond donors (Lipinski definition) is 1. The predicted molar refractivity (Wildman–Crippen MR) is 84.2 cm³/mol. The van der Waals surface area contributed by atoms with Gasteiger partial charge >= 0.3 is 0 Å². The maximum Gasteiger partial charge on any atom is 0.148 e. The first-order valence-electron chi connectivity index (χ1n) is 6.17. The van der Waals surface area contributed by atoms with Crippen LogP contribution >= 0.6 is 15.9 Å². The molecule has 1 heterocycles. The molecule has 0 aliphatic rings. The van der Waals surface area contributed by atoms with Gasteiger partial charge in [-0.3, -0.25) is 0 Å². The molecule has 2 rings (SSSR count). The van der Waals surface area contributed by atoms with Gasteiger partial charge in [-0.25, -0.2) is 4.98 Å². The number of halogens is 1. The van der Waals surface area contributed by atoms with Crippen LogP contribution in [0.25, 0.3) is 0 Å². The smallest absolute Gasteiger partial charge is 0.148 e. The monoisotopic (exact) mass is 336 g/mol. The third kappa shape index (κ3) is 2.88. The molecular formula is C15H17BrN2O2. The number of nitrogens with one attached hydrogen (secondary N) is 1. The van der Waals surface area contributed by atoms with Crippen LogP contribution in [-0.2, 0) is 0 Å². The number of methoxy groups -OCH3 is 2. The molecule has 1 aromatic heterocycles. The minimum atomic E-state index is 0.758. The molecule has 0 aliphatic heterocycles. The van der Waals surface area contributed by atoms with E-state index in [9.17, 15) is 0 Å². The van der Waals surface area contributed by atoms with E-state index in [2.05, 4.69) is 26.2 Å². The molecule has 5 heteroatoms. The van der Waals surface area contributed by atoms with Crippen LogP contribution in [0.2, 0.25) is 0 Å². The van der Waals surface area contributed by atoms with Crippen molar-refractivity contribution in [3.63, 3.8) is 0 Å². The number of aromatic nitrogens is 1. The second-order valence-electron chi connectivity index (χ2n) is 4.42. The average molecular weight is 337 g/mol. The van der Waals surface area contributed by atoms with Crippen LogP contribution in [0.15, 0.2) is 28.9 Å². The first kappa shape index (κ1) is 14.7. The van der Waals surface area contributed by atoms with Crippen molar-refractivity contribution in [2.45, 2.75) is 13.8 Å². The van der Waals surface area contributed by atoms with Crippen molar-refractivity contribution in [1.82, 2.24) is 4.98 Å². The molecule has 1 N–H and O–H groups in total. The van der Waals surface area contributed by atoms with E-state index in [1.54, 1.807) is 20.4 Å². The molecule has 0 atom stereocenters. The Hall–Kier alpha value is -1.75. The van der Waals surface area contributed by atoms with Crippen LogP contribution in [0.5, 0.6) is 11.5 Å². The van der Waals surface area contributed by atoms with E-state index in [0.29, 0.717) is 0 Å². The molecule has 0 unspecified atom stereocenters. The lowest BCUT2D eigenvalue weighted by atomic mass is 10.1. The molecule has 0 bridgehead atoms. The summed E-state index contributed by atoms with van der Waals surface area (Å²) in [5, 5.41) is 3.30. The molecule has 0 aliphatic carbocycles. The summed E-state index contributed by atoms with van der Waals surface area (Å²) in [7, 11) is 3.30. The summed E-state index contributed by atoms with van der Waals surface area (Å²) in [5.41, 5.74) is 2.87. The SMILES string of the molecule is COc1ccc(Nc2ncc(Br)cc2C)c(OC)c1C. The maximum absolute atomic E-state index is 5.47. The molecular weight excluding hydrogens is 320 g/mol. The van der Waals surface area contributed by atoms with Gasteiger partial charge in [0.2, 0.25) is 0 Å². The van der Waals surface area contributed by atoms with E-state index < -0.39 is 0 Å². The van der Waals surface area contributed by atoms with Crippen molar-refractivity contribution in [1.29, 1.82) is 0 Å². The topological polar surface area (TPSA) is 43.4 Å². The minimum Gasteiger partial charge on any atom is -0.496 e. The third-order valence-electron chi connectivity index (χ3n) is 3.08. The molecule has 0 radical (unpaired) electrons. The lowest BCUT2D eigenvalue weighted by molar-refractivity contribution is 0.390. The largest absolute Gasteiger partial charge is 0.496 e. The van der Waals surface area contributed by atoms with Gasteiger partial charge < -0.3 is 14.8 Å². The van der Waals surface area contributed by atoms with Gasteiger partial charge in [0, 0.05) is 16.2 Å². The summed E-state index contributed by atoms with van der Waals surface area (Å²) >= 11 is 3.41. The van der Waals surface area contributed by atoms with Crippen molar-refractivity contribution >= 4 is 27.4 Å². The van der Waals surface area contributed by atoms with Gasteiger partial charge in [-0.2, -0.15) is 0 Å². The van der Waals surface area contributed by atoms with E-state index in [1.807, 2.05) is 32.0 Å². The van der Waals surface area contributed by atoms with E-state index >= 15 is 0 Å². The summed E-state index contributed by atoms with van der Waals surface area (Å²) in [4.78, 5) is 4.38. The quantitative estimate of drug-likeness (QED) is 0.907. The first-order chi connectivity index (χ1) is 9.56. The highest BCUT2D eigenvalue weighted by Crippen LogP contribution is 2.36. The van der Waals surface area contributed by atoms with Crippen molar-refractivity contribution in [2.24, 2.45) is 0 Å². The second-order valence-corrected chi connectivity index (χ2v) is 5.33. The number of aryl methyl sites for hydroxylation is 1. The molecule has 0 fully saturated rings. The highest BCUT2D eigenvalue weighted by molar-refractivity contribution is 9.10. The Kier molecular flexibility index (Phi) is 4.49. The fourth-order valence-electron chi connectivity index (χ4n) is 2.06. The molecule has 20 heavy (non-hydrogen) atoms. The van der Waals surface area contributed by atoms with Gasteiger partial charge in [0.1, 0.15) is 17.3 Å². The van der Waals surface area contributed by atoms with Crippen LogP contribution < -0.4 is 14.8 Å². The number of anilines is 2. The zero-order chi connectivity index (χ0) is 14.7. The Morgan fingerprint density at radius 2 is 1.90 bits per heavy atom. The lowest BCUT2D eigenvalue weighted by Crippen LogP contribution is -2.01. The van der Waals surface area contributed by atoms with Gasteiger partial charge in [-0.15, -0.1) is 0 Å². The van der Waals surface area contributed by atoms with Gasteiger partial charge in [-0.1, -0.05) is 0 Å². The van der Waals surface area contributed by atoms with Crippen LogP contribution in [0.1, 0.15) is 11.1 Å². The maximum atomic E-state index is 5.47. The molecule has 0 saturated heterocycles. The first-order valence-corrected chi connectivity index (χ1v) is 6.97. The van der Waals surface area contributed by atoms with Crippen LogP contribution in [0.4, 0.5) is 11.5 Å². The molecule has 0 saturated carbocycles. The normalized spacial score (nSPS) is 10.2. The summed E-state index contributed by atoms with van der Waals surface area (Å²) in [6.07, 6.45) is 1.76. The van der Waals surface area contributed by atoms with E-state index in [4.69, 9.17) is 9.47 Å². The van der Waals surface area contributed by atoms with Gasteiger partial charge in [0.15, 0.2) is 0 Å². The Morgan fingerprint density at radius 3 is 2.50 bits per heavy atom. The minimum absolute atomic E-state index is 0.758. The van der Waals surface area contributed by atoms with Crippen LogP contribution in [0, 0.1) is 13.8 Å². The number of pyridine rings is 1. The fourth-order valence-corrected chi connectivity index (χ4v) is 2.50. The van der Waals surface area contributed by atoms with Gasteiger partial charge in [0.25, 0.3) is 0 Å². The lowest BCUT2D eigenvalue weighted by Gasteiger charge is -2.16. The van der Waals surface area contributed by atoms with Crippen molar-refractivity contribution in [2.75, 3.05) is 19.5 Å². The molecule has 1 aromatic carbocycles. The second kappa shape index (κ2) is 6.13. The van der Waals surface area contributed by atoms with Crippen molar-refractivity contribution < 1.29 is 9.47 Å². The number of ether oxygens (including phenoxy) is 2. The number of hydrogen-bond acceptors (Lipinski definition) is 4. The van der Waals surface area contributed by atoms with Gasteiger partial charge in [0.05, 0.1) is 19.9 Å². The predicted octanol–water partition coefficient (Wildman–Crippen LogP) is 4.22. The standard InChI is InChI=1S/C15H17BrN2O2/c1-9-7-11(16)8-17-15(9)18-12-5-6-13(19-3)10(2)14(12)20-4/h5-8H,1-4H3,(H,17,18). The summed E-state index contributed by atoms with van der Waals surface area (Å²) in [6, 6.07) is 5.85. The Labute approximate surface area is 127 Å². The molecule has 0 amide bonds. The molecule has 4 nitrogen and oxygen atoms in total. The number of benzene rings is 1. The third-order valence-corrected chi connectivity index (χ3v) is 3.51. The zero-order valence-electron chi connectivity index (χ0n) is 12.0.